The summed E-state index contributed by atoms with van der Waals surface area (Å²) < 4.78 is 4.80. The summed E-state index contributed by atoms with van der Waals surface area (Å²) in [5, 5.41) is 11.3. The molecule has 0 aromatic carbocycles. The van der Waals surface area contributed by atoms with E-state index in [4.69, 9.17) is 9.52 Å². The summed E-state index contributed by atoms with van der Waals surface area (Å²) in [6, 6.07) is 1.71. The van der Waals surface area contributed by atoms with Crippen molar-refractivity contribution in [3.8, 4) is 0 Å². The highest BCUT2D eigenvalue weighted by molar-refractivity contribution is 5.94. The summed E-state index contributed by atoms with van der Waals surface area (Å²) in [5.41, 5.74) is 0.410. The van der Waals surface area contributed by atoms with E-state index < -0.39 is 5.97 Å². The van der Waals surface area contributed by atoms with E-state index in [0.717, 1.165) is 12.8 Å². The van der Waals surface area contributed by atoms with E-state index in [2.05, 4.69) is 5.32 Å². The van der Waals surface area contributed by atoms with E-state index in [1.807, 2.05) is 0 Å². The molecule has 1 aliphatic rings. The van der Waals surface area contributed by atoms with Gasteiger partial charge < -0.3 is 19.7 Å². The van der Waals surface area contributed by atoms with Crippen LogP contribution in [0.2, 0.25) is 0 Å². The Kier molecular flexibility index (Phi) is 4.97. The second-order valence-corrected chi connectivity index (χ2v) is 4.98. The number of aliphatic carboxylic acids is 1. The Labute approximate surface area is 121 Å². The van der Waals surface area contributed by atoms with Crippen LogP contribution in [0, 0.1) is 0 Å². The second-order valence-electron chi connectivity index (χ2n) is 4.98. The zero-order valence-corrected chi connectivity index (χ0v) is 11.6. The molecule has 1 saturated carbocycles. The van der Waals surface area contributed by atoms with E-state index in [1.165, 1.54) is 12.5 Å². The lowest BCUT2D eigenvalue weighted by Crippen LogP contribution is -2.37. The zero-order chi connectivity index (χ0) is 15.2. The molecule has 1 aromatic rings. The van der Waals surface area contributed by atoms with Crippen LogP contribution in [0.4, 0.5) is 0 Å². The third-order valence-corrected chi connectivity index (χ3v) is 3.28. The number of carboxylic acids is 1. The molecule has 1 aliphatic carbocycles. The van der Waals surface area contributed by atoms with Gasteiger partial charge in [0.2, 0.25) is 5.91 Å². The highest BCUT2D eigenvalue weighted by Gasteiger charge is 2.32. The summed E-state index contributed by atoms with van der Waals surface area (Å²) in [5.74, 6) is -1.33. The fourth-order valence-electron chi connectivity index (χ4n) is 2.04. The molecule has 0 spiro atoms. The minimum absolute atomic E-state index is 0.0520. The van der Waals surface area contributed by atoms with Crippen LogP contribution in [0.5, 0.6) is 0 Å². The Morgan fingerprint density at radius 1 is 1.33 bits per heavy atom. The number of nitrogens with zero attached hydrogens (tertiary/aromatic N) is 1. The number of furan rings is 1. The van der Waals surface area contributed by atoms with E-state index in [1.54, 1.807) is 11.0 Å². The van der Waals surface area contributed by atoms with Crippen molar-refractivity contribution < 1.29 is 23.9 Å². The lowest BCUT2D eigenvalue weighted by molar-refractivity contribution is -0.138. The van der Waals surface area contributed by atoms with E-state index in [9.17, 15) is 14.4 Å². The number of carbonyl (C=O) groups is 3. The fraction of sp³-hybridized carbons (Fsp3) is 0.500. The van der Waals surface area contributed by atoms with Gasteiger partial charge >= 0.3 is 5.97 Å². The van der Waals surface area contributed by atoms with Gasteiger partial charge in [-0.2, -0.15) is 0 Å². The average molecular weight is 294 g/mol. The summed E-state index contributed by atoms with van der Waals surface area (Å²) in [6.45, 7) is 0.452. The van der Waals surface area contributed by atoms with Gasteiger partial charge in [0, 0.05) is 25.6 Å². The zero-order valence-electron chi connectivity index (χ0n) is 11.6. The molecule has 0 bridgehead atoms. The summed E-state index contributed by atoms with van der Waals surface area (Å²) in [4.78, 5) is 35.9. The molecule has 7 nitrogen and oxygen atoms in total. The first-order chi connectivity index (χ1) is 10.1. The predicted octanol–water partition coefficient (Wildman–Crippen LogP) is 0.865. The first kappa shape index (κ1) is 15.1. The fourth-order valence-corrected chi connectivity index (χ4v) is 2.04. The lowest BCUT2D eigenvalue weighted by Gasteiger charge is -2.21. The minimum atomic E-state index is -0.915. The van der Waals surface area contributed by atoms with Gasteiger partial charge in [-0.25, -0.2) is 0 Å². The Morgan fingerprint density at radius 2 is 2.10 bits per heavy atom. The number of carboxylic acid groups (broad SMARTS) is 1. The van der Waals surface area contributed by atoms with Crippen molar-refractivity contribution in [2.45, 2.75) is 31.7 Å². The highest BCUT2D eigenvalue weighted by atomic mass is 16.4. The molecule has 0 unspecified atom stereocenters. The Balaban J connectivity index is 1.74. The smallest absolute Gasteiger partial charge is 0.305 e. The molecule has 7 heteroatoms. The highest BCUT2D eigenvalue weighted by Crippen LogP contribution is 2.27. The average Bonchev–Trinajstić information content (AvgIpc) is 3.11. The number of hydrogen-bond donors (Lipinski definition) is 2. The maximum absolute atomic E-state index is 12.1. The Bertz CT molecular complexity index is 507. The van der Waals surface area contributed by atoms with Crippen LogP contribution in [0.1, 0.15) is 36.0 Å². The molecule has 0 atom stereocenters. The van der Waals surface area contributed by atoms with Crippen LogP contribution >= 0.6 is 0 Å². The van der Waals surface area contributed by atoms with Gasteiger partial charge in [0.25, 0.3) is 5.91 Å². The normalized spacial score (nSPS) is 13.7. The Hall–Kier alpha value is -2.31. The van der Waals surface area contributed by atoms with E-state index in [0.29, 0.717) is 5.56 Å². The third kappa shape index (κ3) is 4.62. The van der Waals surface area contributed by atoms with Crippen molar-refractivity contribution >= 4 is 17.8 Å². The number of amides is 2. The van der Waals surface area contributed by atoms with Crippen LogP contribution in [0.3, 0.4) is 0 Å². The topological polar surface area (TPSA) is 99.9 Å². The van der Waals surface area contributed by atoms with Crippen molar-refractivity contribution in [2.24, 2.45) is 0 Å². The maximum Gasteiger partial charge on any atom is 0.305 e. The van der Waals surface area contributed by atoms with Crippen molar-refractivity contribution in [3.63, 3.8) is 0 Å². The molecule has 2 rings (SSSR count). The largest absolute Gasteiger partial charge is 0.481 e. The summed E-state index contributed by atoms with van der Waals surface area (Å²) >= 11 is 0. The van der Waals surface area contributed by atoms with E-state index in [-0.39, 0.29) is 43.8 Å². The monoisotopic (exact) mass is 294 g/mol. The van der Waals surface area contributed by atoms with Gasteiger partial charge in [-0.15, -0.1) is 0 Å². The molecule has 21 heavy (non-hydrogen) atoms. The second kappa shape index (κ2) is 6.92. The number of hydrogen-bond acceptors (Lipinski definition) is 4. The molecule has 0 aliphatic heterocycles. The molecule has 2 amide bonds. The molecular weight excluding hydrogens is 276 g/mol. The number of rotatable bonds is 8. The van der Waals surface area contributed by atoms with Crippen LogP contribution in [-0.4, -0.2) is 46.9 Å². The molecule has 1 aromatic heterocycles. The van der Waals surface area contributed by atoms with Gasteiger partial charge in [0.1, 0.15) is 6.26 Å². The quantitative estimate of drug-likeness (QED) is 0.741. The number of nitrogens with one attached hydrogen (secondary N) is 1. The summed E-state index contributed by atoms with van der Waals surface area (Å²) in [7, 11) is 0. The summed E-state index contributed by atoms with van der Waals surface area (Å²) in [6.07, 6.45) is 4.70. The predicted molar refractivity (Wildman–Crippen MR) is 72.6 cm³/mol. The molecule has 1 heterocycles. The van der Waals surface area contributed by atoms with Gasteiger partial charge in [0.05, 0.1) is 18.2 Å². The molecule has 0 saturated heterocycles. The third-order valence-electron chi connectivity index (χ3n) is 3.28. The van der Waals surface area contributed by atoms with Gasteiger partial charge in [-0.1, -0.05) is 0 Å². The van der Waals surface area contributed by atoms with Crippen molar-refractivity contribution in [2.75, 3.05) is 13.1 Å². The first-order valence-corrected chi connectivity index (χ1v) is 6.89. The van der Waals surface area contributed by atoms with Crippen molar-refractivity contribution in [1.29, 1.82) is 0 Å². The van der Waals surface area contributed by atoms with Crippen LogP contribution in [0.15, 0.2) is 23.0 Å². The van der Waals surface area contributed by atoms with Gasteiger partial charge in [-0.3, -0.25) is 14.4 Å². The standard InChI is InChI=1S/C14H18N2O5/c17-12(16(11-1-2-11)7-4-13(18)19)3-6-15-14(20)10-5-8-21-9-10/h5,8-9,11H,1-4,6-7H2,(H,15,20)(H,18,19). The molecule has 1 fully saturated rings. The first-order valence-electron chi connectivity index (χ1n) is 6.89. The molecule has 2 N–H and O–H groups in total. The molecular formula is C14H18N2O5. The van der Waals surface area contributed by atoms with E-state index >= 15 is 0 Å². The maximum atomic E-state index is 12.1. The molecule has 114 valence electrons. The van der Waals surface area contributed by atoms with Crippen LogP contribution in [0.25, 0.3) is 0 Å². The SMILES string of the molecule is O=C(O)CCN(C(=O)CCNC(=O)c1ccoc1)C1CC1. The number of carbonyl (C=O) groups excluding carboxylic acids is 2. The van der Waals surface area contributed by atoms with Crippen LogP contribution in [-0.2, 0) is 9.59 Å². The van der Waals surface area contributed by atoms with Gasteiger partial charge in [-0.05, 0) is 18.9 Å². The molecule has 0 radical (unpaired) electrons. The lowest BCUT2D eigenvalue weighted by atomic mass is 10.3. The Morgan fingerprint density at radius 3 is 2.67 bits per heavy atom. The van der Waals surface area contributed by atoms with Crippen molar-refractivity contribution in [3.05, 3.63) is 24.2 Å². The van der Waals surface area contributed by atoms with Gasteiger partial charge in [0.15, 0.2) is 0 Å². The van der Waals surface area contributed by atoms with Crippen LogP contribution < -0.4 is 5.32 Å². The van der Waals surface area contributed by atoms with Crippen molar-refractivity contribution in [1.82, 2.24) is 10.2 Å². The minimum Gasteiger partial charge on any atom is -0.481 e.